The summed E-state index contributed by atoms with van der Waals surface area (Å²) >= 11 is 1.50. The number of carbonyl (C=O) groups excluding carboxylic acids is 1. The summed E-state index contributed by atoms with van der Waals surface area (Å²) < 4.78 is 4.68. The fourth-order valence-corrected chi connectivity index (χ4v) is 3.24. The fraction of sp³-hybridized carbons (Fsp3) is 0.692. The number of methoxy groups -OCH3 is 1. The Bertz CT molecular complexity index is 427. The third kappa shape index (κ3) is 3.25. The van der Waals surface area contributed by atoms with Gasteiger partial charge in [0, 0.05) is 31.6 Å². The number of thiazole rings is 1. The highest BCUT2D eigenvalue weighted by atomic mass is 32.1. The van der Waals surface area contributed by atoms with Crippen molar-refractivity contribution < 1.29 is 9.53 Å². The molecule has 0 atom stereocenters. The third-order valence-corrected chi connectivity index (χ3v) is 4.67. The zero-order valence-electron chi connectivity index (χ0n) is 11.8. The van der Waals surface area contributed by atoms with Crippen LogP contribution in [0, 0.1) is 0 Å². The van der Waals surface area contributed by atoms with E-state index in [9.17, 15) is 4.79 Å². The number of piperidine rings is 1. The van der Waals surface area contributed by atoms with Gasteiger partial charge in [0.1, 0.15) is 0 Å². The predicted molar refractivity (Wildman–Crippen MR) is 77.0 cm³/mol. The summed E-state index contributed by atoms with van der Waals surface area (Å²) in [5.41, 5.74) is 0.403. The molecule has 2 heterocycles. The molecule has 1 aromatic heterocycles. The van der Waals surface area contributed by atoms with E-state index in [0.717, 1.165) is 37.6 Å². The highest BCUT2D eigenvalue weighted by Crippen LogP contribution is 2.25. The summed E-state index contributed by atoms with van der Waals surface area (Å²) in [6.07, 6.45) is 2.30. The lowest BCUT2D eigenvalue weighted by molar-refractivity contribution is 0.0595. The number of carbonyl (C=O) groups is 1. The van der Waals surface area contributed by atoms with Crippen LogP contribution in [-0.2, 0) is 4.74 Å². The lowest BCUT2D eigenvalue weighted by atomic mass is 10.0. The summed E-state index contributed by atoms with van der Waals surface area (Å²) in [6.45, 7) is 5.61. The van der Waals surface area contributed by atoms with Crippen molar-refractivity contribution in [3.63, 3.8) is 0 Å². The number of hydrogen-bond acceptors (Lipinski definition) is 6. The van der Waals surface area contributed by atoms with Crippen LogP contribution in [0.3, 0.4) is 0 Å². The number of rotatable bonds is 4. The standard InChI is InChI=1S/C13H21N3O2S/c1-4-16-7-5-10(6-8-16)15(2)13-14-11(9-19-13)12(17)18-3/h9-10H,4-8H2,1-3H3. The van der Waals surface area contributed by atoms with Crippen LogP contribution in [0.15, 0.2) is 5.38 Å². The number of nitrogens with zero attached hydrogens (tertiary/aromatic N) is 3. The van der Waals surface area contributed by atoms with Crippen molar-refractivity contribution in [2.75, 3.05) is 38.7 Å². The summed E-state index contributed by atoms with van der Waals surface area (Å²) in [7, 11) is 3.44. The molecule has 0 spiro atoms. The topological polar surface area (TPSA) is 45.7 Å². The van der Waals surface area contributed by atoms with Gasteiger partial charge in [0.2, 0.25) is 0 Å². The van der Waals surface area contributed by atoms with E-state index in [1.54, 1.807) is 5.38 Å². The third-order valence-electron chi connectivity index (χ3n) is 3.74. The van der Waals surface area contributed by atoms with Crippen molar-refractivity contribution in [2.24, 2.45) is 0 Å². The van der Waals surface area contributed by atoms with Gasteiger partial charge in [-0.15, -0.1) is 11.3 Å². The predicted octanol–water partition coefficient (Wildman–Crippen LogP) is 1.85. The monoisotopic (exact) mass is 283 g/mol. The average Bonchev–Trinajstić information content (AvgIpc) is 2.95. The SMILES string of the molecule is CCN1CCC(N(C)c2nc(C(=O)OC)cs2)CC1. The molecule has 6 heteroatoms. The zero-order valence-corrected chi connectivity index (χ0v) is 12.6. The van der Waals surface area contributed by atoms with Crippen LogP contribution >= 0.6 is 11.3 Å². The van der Waals surface area contributed by atoms with Crippen LogP contribution in [0.5, 0.6) is 0 Å². The molecule has 0 unspecified atom stereocenters. The van der Waals surface area contributed by atoms with E-state index in [2.05, 4.69) is 33.5 Å². The van der Waals surface area contributed by atoms with E-state index in [0.29, 0.717) is 11.7 Å². The second-order valence-electron chi connectivity index (χ2n) is 4.78. The quantitative estimate of drug-likeness (QED) is 0.789. The Morgan fingerprint density at radius 1 is 1.58 bits per heavy atom. The van der Waals surface area contributed by atoms with Crippen LogP contribution in [0.25, 0.3) is 0 Å². The Kier molecular flexibility index (Phi) is 4.76. The molecule has 0 aromatic carbocycles. The lowest BCUT2D eigenvalue weighted by Crippen LogP contribution is -2.43. The van der Waals surface area contributed by atoms with Crippen LogP contribution in [0.2, 0.25) is 0 Å². The Hall–Kier alpha value is -1.14. The normalized spacial score (nSPS) is 17.4. The van der Waals surface area contributed by atoms with Gasteiger partial charge in [-0.1, -0.05) is 6.92 Å². The Labute approximate surface area is 118 Å². The molecule has 1 aliphatic rings. The summed E-state index contributed by atoms with van der Waals surface area (Å²) in [4.78, 5) is 20.4. The van der Waals surface area contributed by atoms with Crippen LogP contribution in [-0.4, -0.2) is 55.7 Å². The van der Waals surface area contributed by atoms with Crippen molar-refractivity contribution in [1.29, 1.82) is 0 Å². The second kappa shape index (κ2) is 6.34. The molecule has 0 bridgehead atoms. The second-order valence-corrected chi connectivity index (χ2v) is 5.62. The molecule has 0 amide bonds. The maximum atomic E-state index is 11.4. The van der Waals surface area contributed by atoms with Gasteiger partial charge in [0.05, 0.1) is 7.11 Å². The molecular weight excluding hydrogens is 262 g/mol. The lowest BCUT2D eigenvalue weighted by Gasteiger charge is -2.36. The number of ether oxygens (including phenoxy) is 1. The molecule has 2 rings (SSSR count). The van der Waals surface area contributed by atoms with Gasteiger partial charge in [-0.3, -0.25) is 0 Å². The first kappa shape index (κ1) is 14.3. The Morgan fingerprint density at radius 3 is 2.84 bits per heavy atom. The maximum Gasteiger partial charge on any atom is 0.357 e. The Balaban J connectivity index is 1.98. The number of esters is 1. The van der Waals surface area contributed by atoms with E-state index in [4.69, 9.17) is 0 Å². The van der Waals surface area contributed by atoms with E-state index in [1.165, 1.54) is 18.4 Å². The van der Waals surface area contributed by atoms with Gasteiger partial charge in [-0.25, -0.2) is 9.78 Å². The minimum absolute atomic E-state index is 0.364. The first-order chi connectivity index (χ1) is 9.15. The van der Waals surface area contributed by atoms with Crippen molar-refractivity contribution in [3.8, 4) is 0 Å². The van der Waals surface area contributed by atoms with E-state index < -0.39 is 0 Å². The summed E-state index contributed by atoms with van der Waals surface area (Å²) in [5, 5.41) is 2.66. The zero-order chi connectivity index (χ0) is 13.8. The molecule has 5 nitrogen and oxygen atoms in total. The first-order valence-corrected chi connectivity index (χ1v) is 7.52. The van der Waals surface area contributed by atoms with Gasteiger partial charge in [-0.05, 0) is 19.4 Å². The molecule has 1 saturated heterocycles. The summed E-state index contributed by atoms with van der Waals surface area (Å²) in [6, 6.07) is 0.513. The minimum atomic E-state index is -0.364. The van der Waals surface area contributed by atoms with Crippen molar-refractivity contribution in [2.45, 2.75) is 25.8 Å². The fourth-order valence-electron chi connectivity index (χ4n) is 2.40. The highest BCUT2D eigenvalue weighted by Gasteiger charge is 2.24. The maximum absolute atomic E-state index is 11.4. The van der Waals surface area contributed by atoms with E-state index in [-0.39, 0.29) is 5.97 Å². The minimum Gasteiger partial charge on any atom is -0.464 e. The molecule has 1 aliphatic heterocycles. The van der Waals surface area contributed by atoms with Gasteiger partial charge in [0.15, 0.2) is 10.8 Å². The van der Waals surface area contributed by atoms with Gasteiger partial charge in [-0.2, -0.15) is 0 Å². The molecule has 0 saturated carbocycles. The number of likely N-dealkylation sites (tertiary alicyclic amines) is 1. The van der Waals surface area contributed by atoms with Crippen LogP contribution in [0.1, 0.15) is 30.3 Å². The molecule has 106 valence electrons. The van der Waals surface area contributed by atoms with E-state index >= 15 is 0 Å². The largest absolute Gasteiger partial charge is 0.464 e. The van der Waals surface area contributed by atoms with Gasteiger partial charge in [0.25, 0.3) is 0 Å². The van der Waals surface area contributed by atoms with Crippen LogP contribution in [0.4, 0.5) is 5.13 Å². The number of hydrogen-bond donors (Lipinski definition) is 0. The van der Waals surface area contributed by atoms with Crippen molar-refractivity contribution >= 4 is 22.4 Å². The molecule has 1 fully saturated rings. The Morgan fingerprint density at radius 2 is 2.26 bits per heavy atom. The smallest absolute Gasteiger partial charge is 0.357 e. The van der Waals surface area contributed by atoms with Crippen molar-refractivity contribution in [1.82, 2.24) is 9.88 Å². The molecular formula is C13H21N3O2S. The van der Waals surface area contributed by atoms with Gasteiger partial charge >= 0.3 is 5.97 Å². The first-order valence-electron chi connectivity index (χ1n) is 6.64. The van der Waals surface area contributed by atoms with Crippen LogP contribution < -0.4 is 4.90 Å². The molecule has 19 heavy (non-hydrogen) atoms. The van der Waals surface area contributed by atoms with Crippen molar-refractivity contribution in [3.05, 3.63) is 11.1 Å². The summed E-state index contributed by atoms with van der Waals surface area (Å²) in [5.74, 6) is -0.364. The highest BCUT2D eigenvalue weighted by molar-refractivity contribution is 7.13. The molecule has 0 aliphatic carbocycles. The van der Waals surface area contributed by atoms with Gasteiger partial charge < -0.3 is 14.5 Å². The molecule has 0 radical (unpaired) electrons. The average molecular weight is 283 g/mol. The molecule has 0 N–H and O–H groups in total. The number of aromatic nitrogens is 1. The number of anilines is 1. The van der Waals surface area contributed by atoms with E-state index in [1.807, 2.05) is 0 Å². The molecule has 1 aromatic rings.